The van der Waals surface area contributed by atoms with Crippen LogP contribution in [0.2, 0.25) is 0 Å². The Bertz CT molecular complexity index is 471. The summed E-state index contributed by atoms with van der Waals surface area (Å²) in [4.78, 5) is 23.6. The molecule has 0 saturated carbocycles. The Balaban J connectivity index is 2.50. The topological polar surface area (TPSA) is 58.2 Å². The SMILES string of the molecule is CC(C)(C)C(=O)NCc1ccc(CNC(=O)C(C)(C)C)cc1. The van der Waals surface area contributed by atoms with Gasteiger partial charge in [-0.25, -0.2) is 0 Å². The van der Waals surface area contributed by atoms with Crippen LogP contribution in [0.1, 0.15) is 52.7 Å². The molecule has 1 aromatic rings. The Hall–Kier alpha value is -1.84. The third kappa shape index (κ3) is 5.88. The lowest BCUT2D eigenvalue weighted by atomic mass is 9.95. The summed E-state index contributed by atoms with van der Waals surface area (Å²) in [6, 6.07) is 7.89. The first kappa shape index (κ1) is 18.2. The van der Waals surface area contributed by atoms with Crippen molar-refractivity contribution < 1.29 is 9.59 Å². The first-order valence-corrected chi connectivity index (χ1v) is 7.64. The highest BCUT2D eigenvalue weighted by Crippen LogP contribution is 2.14. The summed E-state index contributed by atoms with van der Waals surface area (Å²) in [6.45, 7) is 12.4. The molecule has 0 saturated heterocycles. The van der Waals surface area contributed by atoms with E-state index in [2.05, 4.69) is 10.6 Å². The van der Waals surface area contributed by atoms with Crippen molar-refractivity contribution in [3.05, 3.63) is 35.4 Å². The van der Waals surface area contributed by atoms with E-state index in [4.69, 9.17) is 0 Å². The van der Waals surface area contributed by atoms with Crippen molar-refractivity contribution in [2.24, 2.45) is 10.8 Å². The molecule has 1 rings (SSSR count). The number of rotatable bonds is 4. The second-order valence-electron chi connectivity index (χ2n) is 7.68. The lowest BCUT2D eigenvalue weighted by molar-refractivity contribution is -0.129. The molecule has 1 aromatic carbocycles. The summed E-state index contributed by atoms with van der Waals surface area (Å²) in [5.74, 6) is 0.0723. The third-order valence-corrected chi connectivity index (χ3v) is 3.29. The zero-order valence-electron chi connectivity index (χ0n) is 14.5. The van der Waals surface area contributed by atoms with Crippen molar-refractivity contribution in [1.29, 1.82) is 0 Å². The van der Waals surface area contributed by atoms with Crippen LogP contribution in [0.4, 0.5) is 0 Å². The second kappa shape index (κ2) is 6.95. The van der Waals surface area contributed by atoms with Gasteiger partial charge in [0.05, 0.1) is 0 Å². The van der Waals surface area contributed by atoms with Gasteiger partial charge in [0.2, 0.25) is 11.8 Å². The van der Waals surface area contributed by atoms with Gasteiger partial charge in [-0.1, -0.05) is 65.8 Å². The van der Waals surface area contributed by atoms with Crippen LogP contribution < -0.4 is 10.6 Å². The van der Waals surface area contributed by atoms with Gasteiger partial charge in [0, 0.05) is 23.9 Å². The predicted octanol–water partition coefficient (Wildman–Crippen LogP) is 3.01. The molecule has 122 valence electrons. The van der Waals surface area contributed by atoms with E-state index >= 15 is 0 Å². The molecule has 2 amide bonds. The van der Waals surface area contributed by atoms with E-state index in [0.717, 1.165) is 11.1 Å². The first-order valence-electron chi connectivity index (χ1n) is 7.64. The summed E-state index contributed by atoms with van der Waals surface area (Å²) in [5, 5.41) is 5.84. The van der Waals surface area contributed by atoms with Crippen LogP contribution in [0.5, 0.6) is 0 Å². The standard InChI is InChI=1S/C18H28N2O2/c1-17(2,3)15(21)19-11-13-7-9-14(10-8-13)12-20-16(22)18(4,5)6/h7-10H,11-12H2,1-6H3,(H,19,21)(H,20,22). The summed E-state index contributed by atoms with van der Waals surface area (Å²) in [6.07, 6.45) is 0. The summed E-state index contributed by atoms with van der Waals surface area (Å²) in [7, 11) is 0. The lowest BCUT2D eigenvalue weighted by Crippen LogP contribution is -2.34. The Kier molecular flexibility index (Phi) is 5.75. The van der Waals surface area contributed by atoms with Crippen molar-refractivity contribution in [3.8, 4) is 0 Å². The molecule has 2 N–H and O–H groups in total. The molecule has 0 atom stereocenters. The highest BCUT2D eigenvalue weighted by molar-refractivity contribution is 5.81. The van der Waals surface area contributed by atoms with Gasteiger partial charge in [0.15, 0.2) is 0 Å². The van der Waals surface area contributed by atoms with Gasteiger partial charge in [-0.15, -0.1) is 0 Å². The molecule has 4 heteroatoms. The van der Waals surface area contributed by atoms with Gasteiger partial charge >= 0.3 is 0 Å². The van der Waals surface area contributed by atoms with Crippen LogP contribution in [0.15, 0.2) is 24.3 Å². The molecule has 0 bridgehead atoms. The summed E-state index contributed by atoms with van der Waals surface area (Å²) < 4.78 is 0. The summed E-state index contributed by atoms with van der Waals surface area (Å²) in [5.41, 5.74) is 1.33. The fourth-order valence-corrected chi connectivity index (χ4v) is 1.67. The average Bonchev–Trinajstić information content (AvgIpc) is 2.41. The van der Waals surface area contributed by atoms with Crippen LogP contribution in [0.25, 0.3) is 0 Å². The third-order valence-electron chi connectivity index (χ3n) is 3.29. The number of carbonyl (C=O) groups excluding carboxylic acids is 2. The molecule has 0 spiro atoms. The maximum Gasteiger partial charge on any atom is 0.225 e. The number of nitrogens with one attached hydrogen (secondary N) is 2. The number of hydrogen-bond donors (Lipinski definition) is 2. The minimum absolute atomic E-state index is 0.0361. The van der Waals surface area contributed by atoms with Gasteiger partial charge in [-0.2, -0.15) is 0 Å². The first-order chi connectivity index (χ1) is 10.00. The molecule has 0 aromatic heterocycles. The Labute approximate surface area is 133 Å². The van der Waals surface area contributed by atoms with Crippen molar-refractivity contribution in [2.45, 2.75) is 54.6 Å². The molecule has 0 aliphatic rings. The molecule has 0 radical (unpaired) electrons. The van der Waals surface area contributed by atoms with Gasteiger partial charge in [-0.3, -0.25) is 9.59 Å². The van der Waals surface area contributed by atoms with E-state index in [1.807, 2.05) is 65.8 Å². The number of hydrogen-bond acceptors (Lipinski definition) is 2. The van der Waals surface area contributed by atoms with Crippen LogP contribution in [-0.4, -0.2) is 11.8 Å². The van der Waals surface area contributed by atoms with Gasteiger partial charge in [0.1, 0.15) is 0 Å². The van der Waals surface area contributed by atoms with Crippen LogP contribution in [0.3, 0.4) is 0 Å². The second-order valence-corrected chi connectivity index (χ2v) is 7.68. The fourth-order valence-electron chi connectivity index (χ4n) is 1.67. The highest BCUT2D eigenvalue weighted by Gasteiger charge is 2.21. The normalized spacial score (nSPS) is 11.9. The molecule has 0 fully saturated rings. The molecule has 4 nitrogen and oxygen atoms in total. The van der Waals surface area contributed by atoms with Crippen LogP contribution >= 0.6 is 0 Å². The van der Waals surface area contributed by atoms with Gasteiger partial charge in [0.25, 0.3) is 0 Å². The summed E-state index contributed by atoms with van der Waals surface area (Å²) >= 11 is 0. The van der Waals surface area contributed by atoms with Crippen molar-refractivity contribution in [1.82, 2.24) is 10.6 Å². The van der Waals surface area contributed by atoms with Gasteiger partial charge in [-0.05, 0) is 11.1 Å². The molecule has 0 unspecified atom stereocenters. The zero-order valence-corrected chi connectivity index (χ0v) is 14.5. The maximum atomic E-state index is 11.8. The maximum absolute atomic E-state index is 11.8. The molecule has 0 aliphatic carbocycles. The van der Waals surface area contributed by atoms with E-state index < -0.39 is 0 Å². The quantitative estimate of drug-likeness (QED) is 0.898. The minimum Gasteiger partial charge on any atom is -0.352 e. The largest absolute Gasteiger partial charge is 0.352 e. The number of amides is 2. The predicted molar refractivity (Wildman–Crippen MR) is 89.0 cm³/mol. The van der Waals surface area contributed by atoms with E-state index in [1.54, 1.807) is 0 Å². The Morgan fingerprint density at radius 3 is 1.23 bits per heavy atom. The number of carbonyl (C=O) groups is 2. The Morgan fingerprint density at radius 2 is 1.00 bits per heavy atom. The van der Waals surface area contributed by atoms with E-state index in [0.29, 0.717) is 13.1 Å². The average molecular weight is 304 g/mol. The Morgan fingerprint density at radius 1 is 0.727 bits per heavy atom. The molecular weight excluding hydrogens is 276 g/mol. The highest BCUT2D eigenvalue weighted by atomic mass is 16.2. The fraction of sp³-hybridized carbons (Fsp3) is 0.556. The van der Waals surface area contributed by atoms with Crippen molar-refractivity contribution in [3.63, 3.8) is 0 Å². The lowest BCUT2D eigenvalue weighted by Gasteiger charge is -2.18. The zero-order chi connectivity index (χ0) is 17.0. The van der Waals surface area contributed by atoms with Crippen molar-refractivity contribution in [2.75, 3.05) is 0 Å². The minimum atomic E-state index is -0.378. The monoisotopic (exact) mass is 304 g/mol. The van der Waals surface area contributed by atoms with Crippen molar-refractivity contribution >= 4 is 11.8 Å². The van der Waals surface area contributed by atoms with Crippen LogP contribution in [-0.2, 0) is 22.7 Å². The van der Waals surface area contributed by atoms with E-state index in [-0.39, 0.29) is 22.6 Å². The molecule has 22 heavy (non-hydrogen) atoms. The molecule has 0 heterocycles. The number of benzene rings is 1. The van der Waals surface area contributed by atoms with Crippen LogP contribution in [0, 0.1) is 10.8 Å². The van der Waals surface area contributed by atoms with E-state index in [1.165, 1.54) is 0 Å². The van der Waals surface area contributed by atoms with Gasteiger partial charge < -0.3 is 10.6 Å². The van der Waals surface area contributed by atoms with E-state index in [9.17, 15) is 9.59 Å². The molecule has 0 aliphatic heterocycles. The molecular formula is C18H28N2O2. The smallest absolute Gasteiger partial charge is 0.225 e.